The van der Waals surface area contributed by atoms with Crippen molar-refractivity contribution in [2.24, 2.45) is 5.92 Å². The van der Waals surface area contributed by atoms with E-state index in [9.17, 15) is 4.79 Å². The summed E-state index contributed by atoms with van der Waals surface area (Å²) in [5.74, 6) is 2.02. The van der Waals surface area contributed by atoms with Gasteiger partial charge in [0.15, 0.2) is 5.75 Å². The van der Waals surface area contributed by atoms with Crippen LogP contribution in [0.25, 0.3) is 5.57 Å². The number of hydrogen-bond donors (Lipinski definition) is 4. The van der Waals surface area contributed by atoms with E-state index >= 15 is 0 Å². The van der Waals surface area contributed by atoms with Gasteiger partial charge in [0.1, 0.15) is 19.0 Å². The van der Waals surface area contributed by atoms with Crippen LogP contribution in [0.4, 0.5) is 0 Å². The summed E-state index contributed by atoms with van der Waals surface area (Å²) in [5.41, 5.74) is 5.76. The molecule has 1 saturated carbocycles. The molecule has 1 amide bonds. The van der Waals surface area contributed by atoms with E-state index < -0.39 is 0 Å². The number of aryl methyl sites for hydroxylation is 1. The lowest BCUT2D eigenvalue weighted by Gasteiger charge is -2.39. The molecule has 1 aromatic heterocycles. The lowest BCUT2D eigenvalue weighted by atomic mass is 9.83. The van der Waals surface area contributed by atoms with Crippen LogP contribution in [0.1, 0.15) is 54.0 Å². The Morgan fingerprint density at radius 3 is 2.49 bits per heavy atom. The summed E-state index contributed by atoms with van der Waals surface area (Å²) in [7, 11) is 0. The predicted molar refractivity (Wildman–Crippen MR) is 184 cm³/mol. The quantitative estimate of drug-likeness (QED) is 0.163. The number of rotatable bonds is 14. The number of carbonyl (C=O) groups excluding carboxylic acids is 1. The van der Waals surface area contributed by atoms with Gasteiger partial charge in [-0.25, -0.2) is 4.98 Å². The van der Waals surface area contributed by atoms with Crippen LogP contribution < -0.4 is 30.2 Å². The second-order valence-electron chi connectivity index (χ2n) is 12.5. The molecule has 11 heteroatoms. The smallest absolute Gasteiger partial charge is 0.249 e. The number of aliphatic hydroxyl groups is 1. The Morgan fingerprint density at radius 1 is 1.02 bits per heavy atom. The van der Waals surface area contributed by atoms with Crippen molar-refractivity contribution in [3.8, 4) is 17.4 Å². The lowest BCUT2D eigenvalue weighted by molar-refractivity contribution is -0.118. The molecular weight excluding hydrogens is 639 g/mol. The molecule has 2 aliphatic heterocycles. The number of halogens is 2. The SMILES string of the molecule is Cc1cc(Cl)c(OCCOc2ccc(C3=C(C(=O)NC(c4ccnc(OCCCO)c4C)C4CC4)[C@H]4CNCC(C3)N4)cc2)c(Cl)c1. The number of benzene rings is 2. The van der Waals surface area contributed by atoms with Crippen molar-refractivity contribution in [2.75, 3.05) is 39.5 Å². The topological polar surface area (TPSA) is 114 Å². The van der Waals surface area contributed by atoms with Crippen molar-refractivity contribution in [3.05, 3.63) is 86.5 Å². The van der Waals surface area contributed by atoms with Crippen molar-refractivity contribution >= 4 is 34.7 Å². The largest absolute Gasteiger partial charge is 0.490 e. The third-order valence-electron chi connectivity index (χ3n) is 8.94. The summed E-state index contributed by atoms with van der Waals surface area (Å²) < 4.78 is 17.6. The maximum absolute atomic E-state index is 14.3. The van der Waals surface area contributed by atoms with Gasteiger partial charge in [-0.05, 0) is 91.6 Å². The minimum atomic E-state index is -0.142. The monoisotopic (exact) mass is 680 g/mol. The number of pyridine rings is 1. The second kappa shape index (κ2) is 15.3. The molecule has 2 bridgehead atoms. The average Bonchev–Trinajstić information content (AvgIpc) is 3.90. The van der Waals surface area contributed by atoms with Gasteiger partial charge in [-0.1, -0.05) is 35.3 Å². The number of aliphatic hydroxyl groups excluding tert-OH is 1. The Bertz CT molecular complexity index is 1590. The normalized spacial score (nSPS) is 19.7. The first-order valence-electron chi connectivity index (χ1n) is 16.3. The Balaban J connectivity index is 1.17. The van der Waals surface area contributed by atoms with E-state index in [-0.39, 0.29) is 37.2 Å². The number of carbonyl (C=O) groups is 1. The molecule has 4 N–H and O–H groups in total. The Hall–Kier alpha value is -3.34. The number of nitrogens with one attached hydrogen (secondary N) is 3. The molecule has 1 aliphatic carbocycles. The van der Waals surface area contributed by atoms with E-state index in [0.29, 0.717) is 59.5 Å². The molecule has 0 spiro atoms. The van der Waals surface area contributed by atoms with E-state index in [4.69, 9.17) is 42.5 Å². The summed E-state index contributed by atoms with van der Waals surface area (Å²) >= 11 is 12.6. The fraction of sp³-hybridized carbons (Fsp3) is 0.444. The van der Waals surface area contributed by atoms with Crippen LogP contribution in [-0.2, 0) is 4.79 Å². The third kappa shape index (κ3) is 8.04. The molecule has 3 heterocycles. The van der Waals surface area contributed by atoms with Gasteiger partial charge in [-0.2, -0.15) is 0 Å². The zero-order valence-electron chi connectivity index (χ0n) is 26.8. The predicted octanol–water partition coefficient (Wildman–Crippen LogP) is 5.58. The lowest BCUT2D eigenvalue weighted by Crippen LogP contribution is -2.59. The number of nitrogens with zero attached hydrogens (tertiary/aromatic N) is 1. The molecule has 2 unspecified atom stereocenters. The van der Waals surface area contributed by atoms with Gasteiger partial charge >= 0.3 is 0 Å². The van der Waals surface area contributed by atoms with Crippen LogP contribution in [0.15, 0.2) is 54.2 Å². The molecule has 6 rings (SSSR count). The van der Waals surface area contributed by atoms with Gasteiger partial charge in [0, 0.05) is 49.5 Å². The minimum Gasteiger partial charge on any atom is -0.490 e. The van der Waals surface area contributed by atoms with Gasteiger partial charge in [-0.15, -0.1) is 0 Å². The number of fused-ring (bicyclic) bond motifs is 2. The van der Waals surface area contributed by atoms with Crippen LogP contribution in [0.3, 0.4) is 0 Å². The fourth-order valence-corrected chi connectivity index (χ4v) is 7.19. The highest BCUT2D eigenvalue weighted by molar-refractivity contribution is 6.37. The molecule has 250 valence electrons. The number of ether oxygens (including phenoxy) is 3. The standard InChI is InChI=1S/C36H42Cl2N4O5/c1-21-16-29(37)34(30(38)17-21)46-15-14-45-26-8-6-23(7-9-26)28-18-25-19-39-20-31(41-25)32(28)35(44)42-33(24-4-5-24)27-10-11-40-36(22(27)2)47-13-3-12-43/h6-11,16-17,24-25,31,33,39,41,43H,3-5,12-15,18-20H2,1-2H3,(H,42,44)/t25?,31-,33?/m1/s1. The molecule has 2 aromatic carbocycles. The molecule has 9 nitrogen and oxygen atoms in total. The van der Waals surface area contributed by atoms with E-state index in [2.05, 4.69) is 20.9 Å². The zero-order valence-corrected chi connectivity index (χ0v) is 28.3. The molecule has 0 radical (unpaired) electrons. The molecule has 3 aliphatic rings. The number of piperazine rings is 1. The summed E-state index contributed by atoms with van der Waals surface area (Å²) in [5, 5.41) is 20.7. The maximum atomic E-state index is 14.3. The van der Waals surface area contributed by atoms with Crippen molar-refractivity contribution in [2.45, 2.75) is 57.7 Å². The highest BCUT2D eigenvalue weighted by Gasteiger charge is 2.39. The van der Waals surface area contributed by atoms with Crippen molar-refractivity contribution in [1.29, 1.82) is 0 Å². The summed E-state index contributed by atoms with van der Waals surface area (Å²) in [6.45, 7) is 6.51. The number of aromatic nitrogens is 1. The maximum Gasteiger partial charge on any atom is 0.249 e. The molecular formula is C36H42Cl2N4O5. The first-order valence-corrected chi connectivity index (χ1v) is 17.1. The van der Waals surface area contributed by atoms with Gasteiger partial charge < -0.3 is 35.3 Å². The van der Waals surface area contributed by atoms with E-state index in [1.807, 2.05) is 56.3 Å². The number of hydrogen-bond acceptors (Lipinski definition) is 8. The van der Waals surface area contributed by atoms with Crippen LogP contribution in [-0.4, -0.2) is 67.6 Å². The first kappa shape index (κ1) is 33.6. The third-order valence-corrected chi connectivity index (χ3v) is 9.51. The minimum absolute atomic E-state index is 0.0542. The van der Waals surface area contributed by atoms with Crippen molar-refractivity contribution in [3.63, 3.8) is 0 Å². The Kier molecular flexibility index (Phi) is 10.9. The summed E-state index contributed by atoms with van der Waals surface area (Å²) in [6.07, 6.45) is 5.13. The van der Waals surface area contributed by atoms with Crippen molar-refractivity contribution in [1.82, 2.24) is 20.9 Å². The molecule has 47 heavy (non-hydrogen) atoms. The van der Waals surface area contributed by atoms with Crippen LogP contribution in [0.2, 0.25) is 10.0 Å². The highest BCUT2D eigenvalue weighted by Crippen LogP contribution is 2.43. The van der Waals surface area contributed by atoms with E-state index in [1.165, 1.54) is 0 Å². The molecule has 3 atom stereocenters. The molecule has 2 fully saturated rings. The van der Waals surface area contributed by atoms with Gasteiger partial charge in [0.25, 0.3) is 0 Å². The highest BCUT2D eigenvalue weighted by atomic mass is 35.5. The first-order chi connectivity index (χ1) is 22.8. The fourth-order valence-electron chi connectivity index (χ4n) is 6.48. The molecule has 3 aromatic rings. The Morgan fingerprint density at radius 2 is 1.77 bits per heavy atom. The van der Waals surface area contributed by atoms with Crippen LogP contribution >= 0.6 is 23.2 Å². The second-order valence-corrected chi connectivity index (χ2v) is 13.3. The summed E-state index contributed by atoms with van der Waals surface area (Å²) in [4.78, 5) is 18.7. The van der Waals surface area contributed by atoms with E-state index in [0.717, 1.165) is 59.2 Å². The van der Waals surface area contributed by atoms with Crippen LogP contribution in [0.5, 0.6) is 17.4 Å². The summed E-state index contributed by atoms with van der Waals surface area (Å²) in [6, 6.07) is 13.6. The molecule has 1 saturated heterocycles. The zero-order chi connectivity index (χ0) is 32.9. The van der Waals surface area contributed by atoms with Crippen molar-refractivity contribution < 1.29 is 24.1 Å². The van der Waals surface area contributed by atoms with Gasteiger partial charge in [0.2, 0.25) is 11.8 Å². The van der Waals surface area contributed by atoms with E-state index in [1.54, 1.807) is 6.20 Å². The van der Waals surface area contributed by atoms with Crippen LogP contribution in [0, 0.1) is 19.8 Å². The average molecular weight is 682 g/mol. The number of amides is 1. The van der Waals surface area contributed by atoms with Gasteiger partial charge in [-0.3, -0.25) is 4.79 Å². The van der Waals surface area contributed by atoms with Gasteiger partial charge in [0.05, 0.1) is 28.7 Å². The Labute approximate surface area is 286 Å².